The average molecular weight is 1260 g/mol. The minimum Gasteiger partial charge on any atom is -0.493 e. The molecular formula is C68H90N6O15S. The highest BCUT2D eigenvalue weighted by molar-refractivity contribution is 7.13. The Kier molecular flexibility index (Phi) is 24.9. The number of ether oxygens (including phenoxy) is 7. The highest BCUT2D eigenvalue weighted by Gasteiger charge is 2.46. The number of para-hydroxylation sites is 1. The zero-order valence-corrected chi connectivity index (χ0v) is 54.6. The van der Waals surface area contributed by atoms with E-state index in [0.29, 0.717) is 128 Å². The fourth-order valence-electron chi connectivity index (χ4n) is 11.7. The van der Waals surface area contributed by atoms with Crippen LogP contribution in [0.1, 0.15) is 145 Å². The van der Waals surface area contributed by atoms with Crippen LogP contribution >= 0.6 is 11.3 Å². The van der Waals surface area contributed by atoms with Crippen molar-refractivity contribution in [2.24, 2.45) is 5.41 Å². The second kappa shape index (κ2) is 32.2. The third-order valence-corrected chi connectivity index (χ3v) is 17.6. The Balaban J connectivity index is 0.916. The second-order valence-electron chi connectivity index (χ2n) is 24.1. The quantitative estimate of drug-likeness (QED) is 0.0163. The van der Waals surface area contributed by atoms with Crippen LogP contribution in [0.4, 0.5) is 0 Å². The van der Waals surface area contributed by atoms with Gasteiger partial charge in [-0.1, -0.05) is 89.1 Å². The summed E-state index contributed by atoms with van der Waals surface area (Å²) < 4.78 is 40.5. The number of aryl methyl sites for hydroxylation is 2. The molecule has 1 unspecified atom stereocenters. The van der Waals surface area contributed by atoms with Crippen LogP contribution in [0.3, 0.4) is 0 Å². The number of β-amino-alcohol motifs (C(OH)–C–C–N with tert-alkyl or cyclic N) is 1. The average Bonchev–Trinajstić information content (AvgIpc) is 1.44. The number of esters is 1. The summed E-state index contributed by atoms with van der Waals surface area (Å²) in [6.07, 6.45) is 3.78. The molecule has 0 spiro atoms. The van der Waals surface area contributed by atoms with E-state index in [0.717, 1.165) is 21.7 Å². The number of benzene rings is 4. The molecule has 488 valence electrons. The molecule has 22 heteroatoms. The number of thiazole rings is 1. The number of carbonyl (C=O) groups excluding carboxylic acids is 6. The van der Waals surface area contributed by atoms with Crippen molar-refractivity contribution in [1.29, 1.82) is 0 Å². The van der Waals surface area contributed by atoms with Crippen LogP contribution in [0, 0.1) is 12.3 Å². The van der Waals surface area contributed by atoms with Crippen molar-refractivity contribution in [1.82, 2.24) is 30.7 Å². The summed E-state index contributed by atoms with van der Waals surface area (Å²) in [5.41, 5.74) is 3.54. The number of amides is 5. The van der Waals surface area contributed by atoms with Crippen LogP contribution in [0.5, 0.6) is 34.5 Å². The van der Waals surface area contributed by atoms with Crippen molar-refractivity contribution in [3.8, 4) is 44.9 Å². The van der Waals surface area contributed by atoms with Crippen molar-refractivity contribution in [3.05, 3.63) is 112 Å². The van der Waals surface area contributed by atoms with Gasteiger partial charge in [-0.3, -0.25) is 24.0 Å². The molecule has 0 radical (unpaired) electrons. The highest BCUT2D eigenvalue weighted by atomic mass is 32.1. The molecule has 7 rings (SSSR count). The lowest BCUT2D eigenvalue weighted by Crippen LogP contribution is -2.59. The number of aliphatic hydroxyl groups excluding tert-OH is 1. The molecule has 2 saturated heterocycles. The van der Waals surface area contributed by atoms with E-state index in [1.54, 1.807) is 67.1 Å². The van der Waals surface area contributed by atoms with Crippen LogP contribution in [-0.2, 0) is 45.6 Å². The summed E-state index contributed by atoms with van der Waals surface area (Å²) in [7, 11) is 7.68. The summed E-state index contributed by atoms with van der Waals surface area (Å²) in [4.78, 5) is 92.4. The molecule has 5 amide bonds. The van der Waals surface area contributed by atoms with Crippen molar-refractivity contribution < 1.29 is 72.1 Å². The molecule has 2 aliphatic rings. The second-order valence-corrected chi connectivity index (χ2v) is 25.0. The van der Waals surface area contributed by atoms with Gasteiger partial charge < -0.3 is 69.1 Å². The minimum atomic E-state index is -1.80. The molecule has 90 heavy (non-hydrogen) atoms. The zero-order chi connectivity index (χ0) is 65.3. The van der Waals surface area contributed by atoms with Crippen LogP contribution < -0.4 is 44.4 Å². The molecule has 1 aromatic heterocycles. The van der Waals surface area contributed by atoms with E-state index >= 15 is 0 Å². The fourth-order valence-corrected chi connectivity index (χ4v) is 12.5. The number of aliphatic hydroxyl groups is 2. The van der Waals surface area contributed by atoms with Gasteiger partial charge in [-0.2, -0.15) is 0 Å². The first-order chi connectivity index (χ1) is 43.0. The Morgan fingerprint density at radius 1 is 0.756 bits per heavy atom. The largest absolute Gasteiger partial charge is 0.493 e. The molecule has 7 atom stereocenters. The molecule has 2 fully saturated rings. The maximum Gasteiger partial charge on any atom is 0.329 e. The van der Waals surface area contributed by atoms with E-state index in [-0.39, 0.29) is 43.7 Å². The van der Waals surface area contributed by atoms with Gasteiger partial charge in [0, 0.05) is 43.6 Å². The number of carbonyl (C=O) groups is 6. The maximum atomic E-state index is 14.7. The number of unbranched alkanes of at least 4 members (excludes halogenated alkanes) is 3. The van der Waals surface area contributed by atoms with Gasteiger partial charge in [-0.05, 0) is 118 Å². The summed E-state index contributed by atoms with van der Waals surface area (Å²) in [6.45, 7) is 11.0. The molecule has 4 aromatic carbocycles. The predicted molar refractivity (Wildman–Crippen MR) is 341 cm³/mol. The Hall–Kier alpha value is -7.95. The van der Waals surface area contributed by atoms with Crippen LogP contribution in [0.15, 0.2) is 84.4 Å². The summed E-state index contributed by atoms with van der Waals surface area (Å²) in [5.74, 6) is -0.551. The van der Waals surface area contributed by atoms with E-state index in [2.05, 4.69) is 20.9 Å². The van der Waals surface area contributed by atoms with Crippen LogP contribution in [0.2, 0.25) is 0 Å². The number of nitrogens with one attached hydrogen (secondary N) is 3. The third kappa shape index (κ3) is 17.7. The van der Waals surface area contributed by atoms with Crippen LogP contribution in [-0.4, -0.2) is 147 Å². The Bertz CT molecular complexity index is 3230. The first-order valence-electron chi connectivity index (χ1n) is 30.9. The van der Waals surface area contributed by atoms with Gasteiger partial charge in [0.15, 0.2) is 35.3 Å². The Morgan fingerprint density at radius 2 is 1.44 bits per heavy atom. The van der Waals surface area contributed by atoms with Crippen molar-refractivity contribution in [3.63, 3.8) is 0 Å². The fraction of sp³-hybridized carbons (Fsp3) is 0.515. The minimum absolute atomic E-state index is 0.0413. The number of aromatic nitrogens is 1. The van der Waals surface area contributed by atoms with Gasteiger partial charge in [0.2, 0.25) is 29.4 Å². The van der Waals surface area contributed by atoms with Gasteiger partial charge in [-0.15, -0.1) is 11.3 Å². The normalized spacial score (nSPS) is 17.4. The maximum absolute atomic E-state index is 14.7. The summed E-state index contributed by atoms with van der Waals surface area (Å²) in [6, 6.07) is 20.4. The molecule has 5 aromatic rings. The van der Waals surface area contributed by atoms with Crippen LogP contribution in [0.25, 0.3) is 10.4 Å². The smallest absolute Gasteiger partial charge is 0.329 e. The first-order valence-corrected chi connectivity index (χ1v) is 31.8. The molecule has 2 aliphatic heterocycles. The third-order valence-electron chi connectivity index (χ3n) is 16.6. The number of hydrogen-bond donors (Lipinski definition) is 5. The highest BCUT2D eigenvalue weighted by Crippen LogP contribution is 2.42. The standard InChI is InChI=1S/C68H90N6O15S/c1-12-48(45-36-56(85-9)60(87-11)57(37-45)86-10)64(79)73-34-20-18-22-50(73)66(81)89-53(31-25-43-26-32-54(83-7)55(35-43)84-8)49-21-16-17-23-52(49)88-40-59(77)69-33-19-14-13-15-24-58(76)71-62(67(3,4)5)65(80)74-39-47(75)38-51(74)63(78)72-68(6,82)46-29-27-44(28-30-46)61-42(2)70-41-90-61/h16-17,21,23,26-30,32,35-37,41,47-48,50-51,53,62,75,82H,12-15,18-20,22,24-25,31,33-34,38-40H2,1-11H3,(H,69,77)(H,71,76)(H,72,78)/t47-,48-,50-,51+,53+,62+,68?/m0/s1. The predicted octanol–water partition coefficient (Wildman–Crippen LogP) is 8.87. The molecule has 5 N–H and O–H groups in total. The number of methoxy groups -OCH3 is 5. The lowest BCUT2D eigenvalue weighted by atomic mass is 9.85. The number of rotatable bonds is 30. The number of piperidine rings is 1. The van der Waals surface area contributed by atoms with E-state index < -0.39 is 65.2 Å². The molecule has 0 bridgehead atoms. The van der Waals surface area contributed by atoms with Crippen molar-refractivity contribution >= 4 is 46.8 Å². The number of hydrogen-bond acceptors (Lipinski definition) is 17. The lowest BCUT2D eigenvalue weighted by Gasteiger charge is -2.37. The van der Waals surface area contributed by atoms with E-state index in [1.807, 2.05) is 71.0 Å². The molecule has 0 aliphatic carbocycles. The molecule has 3 heterocycles. The van der Waals surface area contributed by atoms with Crippen molar-refractivity contribution in [2.75, 3.05) is 61.8 Å². The molecule has 0 saturated carbocycles. The zero-order valence-electron chi connectivity index (χ0n) is 53.8. The Labute approximate surface area is 532 Å². The first kappa shape index (κ1) is 69.5. The number of nitrogens with zero attached hydrogens (tertiary/aromatic N) is 3. The SMILES string of the molecule is CC[C@H](C(=O)N1CCCC[C@H]1C(=O)O[C@H](CCc1ccc(OC)c(OC)c1)c1ccccc1OCC(=O)NCCCCCCC(=O)N[C@H](C(=O)N1C[C@@H](O)C[C@@H]1C(=O)NC(C)(O)c1ccc(-c2scnc2C)cc1)C(C)(C)C)c1cc(OC)c(OC)c(OC)c1. The van der Waals surface area contributed by atoms with E-state index in [4.69, 9.17) is 33.2 Å². The number of likely N-dealkylation sites (tertiary alicyclic amines) is 2. The molecular weight excluding hydrogens is 1170 g/mol. The summed E-state index contributed by atoms with van der Waals surface area (Å²) in [5, 5.41) is 30.7. The lowest BCUT2D eigenvalue weighted by molar-refractivity contribution is -0.162. The van der Waals surface area contributed by atoms with Gasteiger partial charge in [0.25, 0.3) is 5.91 Å². The topological polar surface area (TPSA) is 263 Å². The molecule has 21 nitrogen and oxygen atoms in total. The van der Waals surface area contributed by atoms with E-state index in [9.17, 15) is 39.0 Å². The monoisotopic (exact) mass is 1260 g/mol. The van der Waals surface area contributed by atoms with Gasteiger partial charge >= 0.3 is 5.97 Å². The Morgan fingerprint density at radius 3 is 2.09 bits per heavy atom. The van der Waals surface area contributed by atoms with Gasteiger partial charge in [-0.25, -0.2) is 9.78 Å². The summed E-state index contributed by atoms with van der Waals surface area (Å²) >= 11 is 1.50. The van der Waals surface area contributed by atoms with Gasteiger partial charge in [0.1, 0.15) is 30.0 Å². The van der Waals surface area contributed by atoms with Gasteiger partial charge in [0.05, 0.1) is 63.7 Å². The van der Waals surface area contributed by atoms with Crippen molar-refractivity contribution in [2.45, 2.75) is 161 Å². The van der Waals surface area contributed by atoms with E-state index in [1.165, 1.54) is 44.5 Å².